The van der Waals surface area contributed by atoms with Crippen molar-refractivity contribution in [1.82, 2.24) is 20.9 Å². The predicted molar refractivity (Wildman–Crippen MR) is 127 cm³/mol. The lowest BCUT2D eigenvalue weighted by molar-refractivity contribution is -0.757. The van der Waals surface area contributed by atoms with Crippen LogP contribution in [0, 0.1) is 10.1 Å². The summed E-state index contributed by atoms with van der Waals surface area (Å²) in [5, 5.41) is 17.4. The molecule has 0 saturated heterocycles. The van der Waals surface area contributed by atoms with E-state index in [-0.39, 0.29) is 25.0 Å². The van der Waals surface area contributed by atoms with Crippen LogP contribution >= 0.6 is 0 Å². The Balaban J connectivity index is 1.43. The Morgan fingerprint density at radius 3 is 1.84 bits per heavy atom. The molecule has 3 amide bonds. The van der Waals surface area contributed by atoms with Gasteiger partial charge in [-0.1, -0.05) is 0 Å². The lowest BCUT2D eigenvalue weighted by Crippen LogP contribution is -2.43. The van der Waals surface area contributed by atoms with Gasteiger partial charge >= 0.3 is 0 Å². The molecule has 13 heteroatoms. The quantitative estimate of drug-likeness (QED) is 0.121. The van der Waals surface area contributed by atoms with Crippen LogP contribution in [-0.2, 0) is 17.9 Å². The Bertz CT molecular complexity index is 1240. The maximum absolute atomic E-state index is 12.6. The standard InChI is InChI=1S/C24H25N7O6/c32-22(19-4-1-7-25-16-19)26-8-13-29-11-2-5-20(17-29)23(33)27-9-14-30-12-3-6-21(18-30)24(34)28-10-15-37-31(35)36/h1-7,11-12,16-18H,8-10,13-15H2,(H-2,26,27,28,32,33,34)/p+2. The van der Waals surface area contributed by atoms with Crippen molar-refractivity contribution >= 4 is 17.7 Å². The first-order chi connectivity index (χ1) is 17.9. The second-order valence-corrected chi connectivity index (χ2v) is 7.73. The summed E-state index contributed by atoms with van der Waals surface area (Å²) in [5.41, 5.74) is 1.32. The van der Waals surface area contributed by atoms with E-state index in [1.807, 2.05) is 10.8 Å². The van der Waals surface area contributed by atoms with Gasteiger partial charge in [-0.3, -0.25) is 19.4 Å². The normalized spacial score (nSPS) is 10.3. The second kappa shape index (κ2) is 13.8. The van der Waals surface area contributed by atoms with E-state index < -0.39 is 11.0 Å². The number of aromatic nitrogens is 3. The van der Waals surface area contributed by atoms with Gasteiger partial charge in [-0.15, -0.1) is 10.1 Å². The number of rotatable bonds is 13. The number of amides is 3. The molecule has 3 rings (SSSR count). The van der Waals surface area contributed by atoms with Gasteiger partial charge in [0.15, 0.2) is 37.9 Å². The molecule has 3 aromatic rings. The third kappa shape index (κ3) is 8.98. The Morgan fingerprint density at radius 2 is 1.32 bits per heavy atom. The predicted octanol–water partition coefficient (Wildman–Crippen LogP) is -0.545. The molecule has 0 atom stereocenters. The first-order valence-electron chi connectivity index (χ1n) is 11.4. The Labute approximate surface area is 212 Å². The summed E-state index contributed by atoms with van der Waals surface area (Å²) in [5.74, 6) is -0.865. The van der Waals surface area contributed by atoms with Crippen molar-refractivity contribution in [3.8, 4) is 0 Å². The molecule has 0 aliphatic heterocycles. The lowest BCUT2D eigenvalue weighted by atomic mass is 10.2. The van der Waals surface area contributed by atoms with Gasteiger partial charge in [0.2, 0.25) is 0 Å². The van der Waals surface area contributed by atoms with E-state index >= 15 is 0 Å². The van der Waals surface area contributed by atoms with Gasteiger partial charge in [-0.05, 0) is 24.3 Å². The van der Waals surface area contributed by atoms with Gasteiger partial charge in [0.1, 0.15) is 17.7 Å². The number of carbonyl (C=O) groups excluding carboxylic acids is 3. The van der Waals surface area contributed by atoms with Crippen molar-refractivity contribution in [2.24, 2.45) is 0 Å². The molecule has 0 unspecified atom stereocenters. The number of pyridine rings is 3. The first kappa shape index (κ1) is 26.7. The summed E-state index contributed by atoms with van der Waals surface area (Å²) < 4.78 is 3.56. The third-order valence-electron chi connectivity index (χ3n) is 5.06. The van der Waals surface area contributed by atoms with Crippen LogP contribution in [0.3, 0.4) is 0 Å². The third-order valence-corrected chi connectivity index (χ3v) is 5.06. The van der Waals surface area contributed by atoms with E-state index in [4.69, 9.17) is 0 Å². The topological polar surface area (TPSA) is 160 Å². The minimum Gasteiger partial charge on any atom is -0.350 e. The maximum Gasteiger partial charge on any atom is 0.294 e. The molecule has 0 aliphatic carbocycles. The summed E-state index contributed by atoms with van der Waals surface area (Å²) >= 11 is 0. The zero-order chi connectivity index (χ0) is 26.5. The van der Waals surface area contributed by atoms with Crippen LogP contribution in [0.1, 0.15) is 31.1 Å². The smallest absolute Gasteiger partial charge is 0.294 e. The highest BCUT2D eigenvalue weighted by atomic mass is 16.9. The van der Waals surface area contributed by atoms with Crippen LogP contribution in [0.5, 0.6) is 0 Å². The molecule has 0 saturated carbocycles. The van der Waals surface area contributed by atoms with Gasteiger partial charge in [0, 0.05) is 31.1 Å². The molecule has 0 bridgehead atoms. The molecule has 0 fully saturated rings. The monoisotopic (exact) mass is 509 g/mol. The van der Waals surface area contributed by atoms with E-state index in [0.717, 1.165) is 0 Å². The van der Waals surface area contributed by atoms with Gasteiger partial charge in [-0.25, -0.2) is 9.13 Å². The highest BCUT2D eigenvalue weighted by Gasteiger charge is 2.14. The van der Waals surface area contributed by atoms with Gasteiger partial charge in [-0.2, -0.15) is 0 Å². The summed E-state index contributed by atoms with van der Waals surface area (Å²) in [6.45, 7) is 1.37. The molecular formula is C24H27N7O6+2. The minimum atomic E-state index is -0.920. The Morgan fingerprint density at radius 1 is 0.811 bits per heavy atom. The largest absolute Gasteiger partial charge is 0.350 e. The average molecular weight is 510 g/mol. The van der Waals surface area contributed by atoms with Crippen LogP contribution in [0.4, 0.5) is 0 Å². The van der Waals surface area contributed by atoms with Gasteiger partial charge in [0.05, 0.1) is 18.7 Å². The maximum atomic E-state index is 12.6. The van der Waals surface area contributed by atoms with Crippen molar-refractivity contribution in [2.75, 3.05) is 26.2 Å². The van der Waals surface area contributed by atoms with Crippen LogP contribution in [0.15, 0.2) is 73.6 Å². The molecular weight excluding hydrogens is 482 g/mol. The molecule has 3 aromatic heterocycles. The van der Waals surface area contributed by atoms with Crippen molar-refractivity contribution in [2.45, 2.75) is 13.1 Å². The first-order valence-corrected chi connectivity index (χ1v) is 11.4. The van der Waals surface area contributed by atoms with Crippen LogP contribution in [0.25, 0.3) is 0 Å². The van der Waals surface area contributed by atoms with Crippen molar-refractivity contribution in [3.63, 3.8) is 0 Å². The van der Waals surface area contributed by atoms with E-state index in [1.54, 1.807) is 65.8 Å². The summed E-state index contributed by atoms with van der Waals surface area (Å²) in [4.78, 5) is 55.1. The van der Waals surface area contributed by atoms with Crippen LogP contribution < -0.4 is 25.1 Å². The zero-order valence-electron chi connectivity index (χ0n) is 19.9. The Kier molecular flexibility index (Phi) is 9.96. The van der Waals surface area contributed by atoms with E-state index in [0.29, 0.717) is 42.9 Å². The van der Waals surface area contributed by atoms with Crippen LogP contribution in [-0.4, -0.2) is 54.0 Å². The number of hydrogen-bond acceptors (Lipinski definition) is 7. The highest BCUT2D eigenvalue weighted by Crippen LogP contribution is 1.97. The van der Waals surface area contributed by atoms with Crippen molar-refractivity contribution < 1.29 is 33.4 Å². The molecule has 3 N–H and O–H groups in total. The van der Waals surface area contributed by atoms with Crippen molar-refractivity contribution in [1.29, 1.82) is 0 Å². The molecule has 37 heavy (non-hydrogen) atoms. The van der Waals surface area contributed by atoms with E-state index in [1.165, 1.54) is 6.20 Å². The van der Waals surface area contributed by atoms with Gasteiger partial charge in [0.25, 0.3) is 22.8 Å². The summed E-state index contributed by atoms with van der Waals surface area (Å²) in [6.07, 6.45) is 9.98. The lowest BCUT2D eigenvalue weighted by Gasteiger charge is -2.06. The average Bonchev–Trinajstić information content (AvgIpc) is 2.91. The number of nitrogens with zero attached hydrogens (tertiary/aromatic N) is 4. The molecule has 0 radical (unpaired) electrons. The Hall–Kier alpha value is -4.94. The molecule has 3 heterocycles. The highest BCUT2D eigenvalue weighted by molar-refractivity contribution is 5.94. The zero-order valence-corrected chi connectivity index (χ0v) is 19.9. The number of nitrogens with one attached hydrogen (secondary N) is 3. The molecule has 13 nitrogen and oxygen atoms in total. The van der Waals surface area contributed by atoms with Gasteiger partial charge < -0.3 is 20.8 Å². The SMILES string of the molecule is O=C(NCCO[N+](=O)[O-])c1ccc[n+](CCNC(=O)c2ccc[n+](CCNC(=O)c3cccnc3)c2)c1. The summed E-state index contributed by atoms with van der Waals surface area (Å²) in [7, 11) is 0. The van der Waals surface area contributed by atoms with Crippen LogP contribution in [0.2, 0.25) is 0 Å². The fraction of sp³-hybridized carbons (Fsp3) is 0.250. The van der Waals surface area contributed by atoms with E-state index in [9.17, 15) is 24.5 Å². The molecule has 0 aromatic carbocycles. The second-order valence-electron chi connectivity index (χ2n) is 7.73. The molecule has 0 spiro atoms. The van der Waals surface area contributed by atoms with E-state index in [2.05, 4.69) is 25.8 Å². The van der Waals surface area contributed by atoms with Crippen molar-refractivity contribution in [3.05, 3.63) is 100 Å². The summed E-state index contributed by atoms with van der Waals surface area (Å²) in [6, 6.07) is 10.1. The fourth-order valence-electron chi connectivity index (χ4n) is 3.28. The number of carbonyl (C=O) groups is 3. The fourth-order valence-corrected chi connectivity index (χ4v) is 3.28. The molecule has 192 valence electrons. The number of hydrogen-bond donors (Lipinski definition) is 3. The minimum absolute atomic E-state index is 0.00127. The molecule has 0 aliphatic rings.